The number of halogens is 1. The number of hydrogen-bond donors (Lipinski definition) is 1. The van der Waals surface area contributed by atoms with Gasteiger partial charge in [-0.1, -0.05) is 50.2 Å². The van der Waals surface area contributed by atoms with Crippen molar-refractivity contribution in [2.24, 2.45) is 5.92 Å². The summed E-state index contributed by atoms with van der Waals surface area (Å²) in [6, 6.07) is 16.7. The third-order valence-corrected chi connectivity index (χ3v) is 3.56. The van der Waals surface area contributed by atoms with Crippen LogP contribution in [0.3, 0.4) is 0 Å². The molecule has 0 saturated carbocycles. The van der Waals surface area contributed by atoms with E-state index < -0.39 is 0 Å². The molecule has 3 nitrogen and oxygen atoms in total. The molecule has 24 heavy (non-hydrogen) atoms. The fraction of sp³-hybridized carbons (Fsp3) is 0.400. The molecule has 0 aliphatic rings. The highest BCUT2D eigenvalue weighted by Crippen LogP contribution is 2.28. The lowest BCUT2D eigenvalue weighted by Gasteiger charge is -2.14. The molecule has 0 fully saturated rings. The first-order valence-corrected chi connectivity index (χ1v) is 8.23. The number of nitrogens with one attached hydrogen (secondary N) is 1. The van der Waals surface area contributed by atoms with Crippen molar-refractivity contribution in [1.82, 2.24) is 5.32 Å². The van der Waals surface area contributed by atoms with Gasteiger partial charge in [-0.2, -0.15) is 0 Å². The minimum atomic E-state index is 0. The van der Waals surface area contributed by atoms with E-state index in [1.165, 1.54) is 11.1 Å². The van der Waals surface area contributed by atoms with Gasteiger partial charge in [0.25, 0.3) is 0 Å². The Labute approximate surface area is 151 Å². The molecular formula is C20H28ClNO2. The Morgan fingerprint density at radius 1 is 0.958 bits per heavy atom. The molecule has 1 N–H and O–H groups in total. The van der Waals surface area contributed by atoms with Crippen molar-refractivity contribution in [2.75, 3.05) is 20.3 Å². The lowest BCUT2D eigenvalue weighted by molar-refractivity contribution is 0.256. The van der Waals surface area contributed by atoms with Gasteiger partial charge in [-0.3, -0.25) is 0 Å². The molecule has 2 aromatic rings. The van der Waals surface area contributed by atoms with E-state index in [2.05, 4.69) is 49.5 Å². The number of hydrogen-bond acceptors (Lipinski definition) is 3. The smallest absolute Gasteiger partial charge is 0.161 e. The Morgan fingerprint density at radius 3 is 2.38 bits per heavy atom. The van der Waals surface area contributed by atoms with Crippen molar-refractivity contribution >= 4 is 12.4 Å². The maximum atomic E-state index is 5.78. The lowest BCUT2D eigenvalue weighted by Crippen LogP contribution is -2.16. The van der Waals surface area contributed by atoms with Gasteiger partial charge in [-0.25, -0.2) is 0 Å². The molecule has 0 amide bonds. The molecule has 0 aromatic heterocycles. The second-order valence-electron chi connectivity index (χ2n) is 6.10. The molecule has 2 rings (SSSR count). The van der Waals surface area contributed by atoms with E-state index in [1.54, 1.807) is 7.11 Å². The summed E-state index contributed by atoms with van der Waals surface area (Å²) in [6.07, 6.45) is 1.04. The van der Waals surface area contributed by atoms with E-state index in [4.69, 9.17) is 9.47 Å². The van der Waals surface area contributed by atoms with Crippen LogP contribution in [0.2, 0.25) is 0 Å². The van der Waals surface area contributed by atoms with Crippen LogP contribution in [0.4, 0.5) is 0 Å². The molecule has 0 atom stereocenters. The number of ether oxygens (including phenoxy) is 2. The first-order chi connectivity index (χ1) is 11.2. The highest BCUT2D eigenvalue weighted by atomic mass is 35.5. The Morgan fingerprint density at radius 2 is 1.71 bits per heavy atom. The SMILES string of the molecule is COc1cc(CNCCc2ccccc2)ccc1OCC(C)C.Cl. The van der Waals surface area contributed by atoms with Gasteiger partial charge in [0.2, 0.25) is 0 Å². The molecule has 0 spiro atoms. The van der Waals surface area contributed by atoms with Crippen molar-refractivity contribution in [3.63, 3.8) is 0 Å². The predicted octanol–water partition coefficient (Wildman–Crippen LogP) is 4.48. The quantitative estimate of drug-likeness (QED) is 0.677. The predicted molar refractivity (Wildman–Crippen MR) is 102 cm³/mol. The van der Waals surface area contributed by atoms with E-state index in [0.717, 1.165) is 31.0 Å². The molecule has 0 aliphatic heterocycles. The van der Waals surface area contributed by atoms with Gasteiger partial charge >= 0.3 is 0 Å². The van der Waals surface area contributed by atoms with Crippen molar-refractivity contribution < 1.29 is 9.47 Å². The summed E-state index contributed by atoms with van der Waals surface area (Å²) in [4.78, 5) is 0. The Hall–Kier alpha value is -1.71. The Kier molecular flexibility index (Phi) is 9.28. The summed E-state index contributed by atoms with van der Waals surface area (Å²) in [5.41, 5.74) is 2.56. The third kappa shape index (κ3) is 6.81. The van der Waals surface area contributed by atoms with Gasteiger partial charge in [0.05, 0.1) is 13.7 Å². The summed E-state index contributed by atoms with van der Waals surface area (Å²) < 4.78 is 11.2. The summed E-state index contributed by atoms with van der Waals surface area (Å²) in [6.45, 7) is 6.76. The summed E-state index contributed by atoms with van der Waals surface area (Å²) in [5, 5.41) is 3.47. The molecule has 0 saturated heterocycles. The highest BCUT2D eigenvalue weighted by Gasteiger charge is 2.06. The standard InChI is InChI=1S/C20H27NO2.ClH/c1-16(2)15-23-19-10-9-18(13-20(19)22-3)14-21-12-11-17-7-5-4-6-8-17;/h4-10,13,16,21H,11-12,14-15H2,1-3H3;1H. The van der Waals surface area contributed by atoms with Crippen LogP contribution in [0.1, 0.15) is 25.0 Å². The Bertz CT molecular complexity index is 587. The lowest BCUT2D eigenvalue weighted by atomic mass is 10.1. The van der Waals surface area contributed by atoms with Gasteiger partial charge in [0, 0.05) is 6.54 Å². The van der Waals surface area contributed by atoms with Crippen LogP contribution >= 0.6 is 12.4 Å². The van der Waals surface area contributed by atoms with E-state index in [-0.39, 0.29) is 12.4 Å². The number of rotatable bonds is 9. The van der Waals surface area contributed by atoms with Crippen molar-refractivity contribution in [3.8, 4) is 11.5 Å². The Balaban J connectivity index is 0.00000288. The van der Waals surface area contributed by atoms with Crippen molar-refractivity contribution in [2.45, 2.75) is 26.8 Å². The van der Waals surface area contributed by atoms with Crippen LogP contribution in [-0.2, 0) is 13.0 Å². The van der Waals surface area contributed by atoms with Crippen molar-refractivity contribution in [3.05, 3.63) is 59.7 Å². The number of methoxy groups -OCH3 is 1. The van der Waals surface area contributed by atoms with Gasteiger partial charge in [0.1, 0.15) is 0 Å². The molecular weight excluding hydrogens is 322 g/mol. The van der Waals surface area contributed by atoms with Crippen LogP contribution in [0.5, 0.6) is 11.5 Å². The molecule has 132 valence electrons. The van der Waals surface area contributed by atoms with E-state index in [0.29, 0.717) is 12.5 Å². The molecule has 0 heterocycles. The van der Waals surface area contributed by atoms with Crippen LogP contribution in [0.25, 0.3) is 0 Å². The molecule has 2 aromatic carbocycles. The van der Waals surface area contributed by atoms with Gasteiger partial charge in [0.15, 0.2) is 11.5 Å². The maximum Gasteiger partial charge on any atom is 0.161 e. The molecule has 0 bridgehead atoms. The summed E-state index contributed by atoms with van der Waals surface area (Å²) in [7, 11) is 1.68. The van der Waals surface area contributed by atoms with Crippen LogP contribution in [0.15, 0.2) is 48.5 Å². The van der Waals surface area contributed by atoms with E-state index in [1.807, 2.05) is 18.2 Å². The fourth-order valence-electron chi connectivity index (χ4n) is 2.31. The van der Waals surface area contributed by atoms with Gasteiger partial charge < -0.3 is 14.8 Å². The third-order valence-electron chi connectivity index (χ3n) is 3.56. The van der Waals surface area contributed by atoms with Crippen LogP contribution in [0, 0.1) is 5.92 Å². The second kappa shape index (κ2) is 11.0. The summed E-state index contributed by atoms with van der Waals surface area (Å²) >= 11 is 0. The largest absolute Gasteiger partial charge is 0.493 e. The van der Waals surface area contributed by atoms with Crippen LogP contribution in [-0.4, -0.2) is 20.3 Å². The normalized spacial score (nSPS) is 10.3. The zero-order valence-corrected chi connectivity index (χ0v) is 15.6. The highest BCUT2D eigenvalue weighted by molar-refractivity contribution is 5.85. The number of benzene rings is 2. The zero-order valence-electron chi connectivity index (χ0n) is 14.7. The van der Waals surface area contributed by atoms with Gasteiger partial charge in [-0.15, -0.1) is 12.4 Å². The van der Waals surface area contributed by atoms with E-state index >= 15 is 0 Å². The average Bonchev–Trinajstić information content (AvgIpc) is 2.58. The first-order valence-electron chi connectivity index (χ1n) is 8.23. The molecule has 0 aliphatic carbocycles. The van der Waals surface area contributed by atoms with E-state index in [9.17, 15) is 0 Å². The minimum Gasteiger partial charge on any atom is -0.493 e. The monoisotopic (exact) mass is 349 g/mol. The summed E-state index contributed by atoms with van der Waals surface area (Å²) in [5.74, 6) is 2.11. The molecule has 4 heteroatoms. The second-order valence-corrected chi connectivity index (χ2v) is 6.10. The van der Waals surface area contributed by atoms with Crippen LogP contribution < -0.4 is 14.8 Å². The fourth-order valence-corrected chi connectivity index (χ4v) is 2.31. The topological polar surface area (TPSA) is 30.5 Å². The molecule has 0 radical (unpaired) electrons. The molecule has 0 unspecified atom stereocenters. The minimum absolute atomic E-state index is 0. The first kappa shape index (κ1) is 20.3. The van der Waals surface area contributed by atoms with Gasteiger partial charge in [-0.05, 0) is 42.1 Å². The zero-order chi connectivity index (χ0) is 16.5. The maximum absolute atomic E-state index is 5.78. The average molecular weight is 350 g/mol. The van der Waals surface area contributed by atoms with Crippen molar-refractivity contribution in [1.29, 1.82) is 0 Å².